The number of amides is 1. The van der Waals surface area contributed by atoms with Crippen LogP contribution in [0.15, 0.2) is 42.5 Å². The van der Waals surface area contributed by atoms with Gasteiger partial charge in [0.15, 0.2) is 5.78 Å². The predicted molar refractivity (Wildman–Crippen MR) is 99.8 cm³/mol. The molecule has 0 aliphatic carbocycles. The van der Waals surface area contributed by atoms with E-state index < -0.39 is 5.60 Å². The van der Waals surface area contributed by atoms with Gasteiger partial charge in [-0.15, -0.1) is 0 Å². The number of nitrogens with zero attached hydrogens (tertiary/aromatic N) is 1. The second-order valence-corrected chi connectivity index (χ2v) is 7.50. The average molecular weight is 349 g/mol. The van der Waals surface area contributed by atoms with Gasteiger partial charge in [0.05, 0.1) is 12.0 Å². The lowest BCUT2D eigenvalue weighted by molar-refractivity contribution is -0.00580. The second-order valence-electron chi connectivity index (χ2n) is 7.50. The van der Waals surface area contributed by atoms with Crippen LogP contribution in [0.3, 0.4) is 0 Å². The number of carbonyl (C=O) groups excluding carboxylic acids is 2. The number of piperidine rings is 1. The van der Waals surface area contributed by atoms with Crippen molar-refractivity contribution >= 4 is 11.7 Å². The molecule has 0 unspecified atom stereocenters. The van der Waals surface area contributed by atoms with E-state index in [2.05, 4.69) is 0 Å². The van der Waals surface area contributed by atoms with Crippen LogP contribution in [0.2, 0.25) is 0 Å². The van der Waals surface area contributed by atoms with E-state index in [0.717, 1.165) is 16.7 Å². The van der Waals surface area contributed by atoms with Crippen molar-refractivity contribution in [3.8, 4) is 5.75 Å². The number of rotatable bonds is 1. The first-order chi connectivity index (χ1) is 12.5. The van der Waals surface area contributed by atoms with Crippen molar-refractivity contribution in [2.45, 2.75) is 38.7 Å². The van der Waals surface area contributed by atoms with Crippen molar-refractivity contribution in [1.82, 2.24) is 4.90 Å². The summed E-state index contributed by atoms with van der Waals surface area (Å²) in [6.45, 7) is 5.21. The zero-order chi connectivity index (χ0) is 18.3. The summed E-state index contributed by atoms with van der Waals surface area (Å²) in [5, 5.41) is 0. The molecule has 0 bridgehead atoms. The van der Waals surface area contributed by atoms with Gasteiger partial charge in [0.2, 0.25) is 0 Å². The molecule has 0 aromatic heterocycles. The Kier molecular flexibility index (Phi) is 4.06. The van der Waals surface area contributed by atoms with Crippen LogP contribution in [0.1, 0.15) is 51.1 Å². The maximum atomic E-state index is 12.8. The van der Waals surface area contributed by atoms with Gasteiger partial charge in [0, 0.05) is 31.5 Å². The highest BCUT2D eigenvalue weighted by molar-refractivity contribution is 6.02. The van der Waals surface area contributed by atoms with E-state index in [-0.39, 0.29) is 11.7 Å². The standard InChI is InChI=1S/C22H23NO3/c1-15-12-16(2)20-18(24)14-22(26-19(20)13-15)8-10-23(11-9-22)21(25)17-6-4-3-5-7-17/h3-7,12-13H,8-11,14H2,1-2H3. The highest BCUT2D eigenvalue weighted by Gasteiger charge is 2.44. The second kappa shape index (κ2) is 6.27. The van der Waals surface area contributed by atoms with E-state index >= 15 is 0 Å². The van der Waals surface area contributed by atoms with Crippen molar-refractivity contribution in [3.05, 3.63) is 64.7 Å². The zero-order valence-corrected chi connectivity index (χ0v) is 15.2. The molecule has 2 aromatic rings. The van der Waals surface area contributed by atoms with E-state index in [0.29, 0.717) is 43.7 Å². The molecule has 0 saturated carbocycles. The Morgan fingerprint density at radius 3 is 2.46 bits per heavy atom. The van der Waals surface area contributed by atoms with Crippen molar-refractivity contribution in [3.63, 3.8) is 0 Å². The Morgan fingerprint density at radius 1 is 1.08 bits per heavy atom. The number of carbonyl (C=O) groups is 2. The maximum absolute atomic E-state index is 12.8. The molecule has 0 atom stereocenters. The molecule has 4 nitrogen and oxygen atoms in total. The Hall–Kier alpha value is -2.62. The SMILES string of the molecule is Cc1cc(C)c2c(c1)OC1(CCN(C(=O)c3ccccc3)CC1)CC2=O. The number of benzene rings is 2. The molecule has 1 amide bonds. The third-order valence-electron chi connectivity index (χ3n) is 5.51. The fourth-order valence-corrected chi connectivity index (χ4v) is 4.18. The predicted octanol–water partition coefficient (Wildman–Crippen LogP) is 3.94. The number of hydrogen-bond donors (Lipinski definition) is 0. The zero-order valence-electron chi connectivity index (χ0n) is 15.2. The van der Waals surface area contributed by atoms with Gasteiger partial charge in [-0.3, -0.25) is 9.59 Å². The molecule has 2 aliphatic heterocycles. The van der Waals surface area contributed by atoms with Crippen LogP contribution in [-0.2, 0) is 0 Å². The van der Waals surface area contributed by atoms with Gasteiger partial charge in [-0.05, 0) is 43.2 Å². The van der Waals surface area contributed by atoms with Crippen LogP contribution in [0, 0.1) is 13.8 Å². The molecule has 0 radical (unpaired) electrons. The summed E-state index contributed by atoms with van der Waals surface area (Å²) in [5.41, 5.74) is 3.04. The number of fused-ring (bicyclic) bond motifs is 1. The van der Waals surface area contributed by atoms with Gasteiger partial charge >= 0.3 is 0 Å². The molecule has 4 heteroatoms. The summed E-state index contributed by atoms with van der Waals surface area (Å²) in [6.07, 6.45) is 1.77. The number of Topliss-reactive ketones (excluding diaryl/α,β-unsaturated/α-hetero) is 1. The Balaban J connectivity index is 1.52. The molecule has 26 heavy (non-hydrogen) atoms. The average Bonchev–Trinajstić information content (AvgIpc) is 2.61. The molecule has 2 aromatic carbocycles. The summed E-state index contributed by atoms with van der Waals surface area (Å²) < 4.78 is 6.37. The number of likely N-dealkylation sites (tertiary alicyclic amines) is 1. The van der Waals surface area contributed by atoms with E-state index in [1.807, 2.05) is 61.2 Å². The van der Waals surface area contributed by atoms with Crippen LogP contribution >= 0.6 is 0 Å². The lowest BCUT2D eigenvalue weighted by atomic mass is 9.81. The first-order valence-corrected chi connectivity index (χ1v) is 9.15. The number of ether oxygens (including phenoxy) is 1. The number of ketones is 1. The normalized spacial score (nSPS) is 18.4. The van der Waals surface area contributed by atoms with Crippen molar-refractivity contribution < 1.29 is 14.3 Å². The van der Waals surface area contributed by atoms with E-state index in [4.69, 9.17) is 4.74 Å². The summed E-state index contributed by atoms with van der Waals surface area (Å²) in [4.78, 5) is 27.3. The summed E-state index contributed by atoms with van der Waals surface area (Å²) in [5.74, 6) is 0.919. The van der Waals surface area contributed by atoms with Crippen LogP contribution < -0.4 is 4.74 Å². The minimum atomic E-state index is -0.474. The smallest absolute Gasteiger partial charge is 0.253 e. The molecule has 134 valence electrons. The van der Waals surface area contributed by atoms with Crippen molar-refractivity contribution in [2.75, 3.05) is 13.1 Å². The molecule has 1 fully saturated rings. The van der Waals surface area contributed by atoms with E-state index in [9.17, 15) is 9.59 Å². The molecule has 1 saturated heterocycles. The Morgan fingerprint density at radius 2 is 1.77 bits per heavy atom. The van der Waals surface area contributed by atoms with Crippen molar-refractivity contribution in [2.24, 2.45) is 0 Å². The molecule has 1 spiro atoms. The minimum absolute atomic E-state index is 0.0506. The topological polar surface area (TPSA) is 46.6 Å². The number of aryl methyl sites for hydroxylation is 2. The highest BCUT2D eigenvalue weighted by Crippen LogP contribution is 2.41. The molecule has 2 aliphatic rings. The van der Waals surface area contributed by atoms with E-state index in [1.54, 1.807) is 0 Å². The van der Waals surface area contributed by atoms with Gasteiger partial charge in [-0.1, -0.05) is 24.3 Å². The molecule has 2 heterocycles. The summed E-state index contributed by atoms with van der Waals surface area (Å²) >= 11 is 0. The van der Waals surface area contributed by atoms with Gasteiger partial charge in [0.25, 0.3) is 5.91 Å². The Bertz CT molecular complexity index is 864. The highest BCUT2D eigenvalue weighted by atomic mass is 16.5. The minimum Gasteiger partial charge on any atom is -0.486 e. The lowest BCUT2D eigenvalue weighted by Gasteiger charge is -2.44. The summed E-state index contributed by atoms with van der Waals surface area (Å²) in [6, 6.07) is 13.3. The first-order valence-electron chi connectivity index (χ1n) is 9.15. The first kappa shape index (κ1) is 16.8. The molecular weight excluding hydrogens is 326 g/mol. The van der Waals surface area contributed by atoms with Crippen LogP contribution in [0.25, 0.3) is 0 Å². The van der Waals surface area contributed by atoms with Gasteiger partial charge < -0.3 is 9.64 Å². The van der Waals surface area contributed by atoms with Gasteiger partial charge in [0.1, 0.15) is 11.4 Å². The largest absolute Gasteiger partial charge is 0.486 e. The molecular formula is C22H23NO3. The molecule has 4 rings (SSSR count). The van der Waals surface area contributed by atoms with Crippen LogP contribution in [0.4, 0.5) is 0 Å². The Labute approximate surface area is 153 Å². The fraction of sp³-hybridized carbons (Fsp3) is 0.364. The summed E-state index contributed by atoms with van der Waals surface area (Å²) in [7, 11) is 0. The van der Waals surface area contributed by atoms with Crippen molar-refractivity contribution in [1.29, 1.82) is 0 Å². The third kappa shape index (κ3) is 2.90. The van der Waals surface area contributed by atoms with Crippen LogP contribution in [-0.4, -0.2) is 35.3 Å². The molecule has 0 N–H and O–H groups in total. The van der Waals surface area contributed by atoms with Gasteiger partial charge in [-0.25, -0.2) is 0 Å². The maximum Gasteiger partial charge on any atom is 0.253 e. The monoisotopic (exact) mass is 349 g/mol. The van der Waals surface area contributed by atoms with Gasteiger partial charge in [-0.2, -0.15) is 0 Å². The third-order valence-corrected chi connectivity index (χ3v) is 5.51. The van der Waals surface area contributed by atoms with Crippen LogP contribution in [0.5, 0.6) is 5.75 Å². The number of hydrogen-bond acceptors (Lipinski definition) is 3. The fourth-order valence-electron chi connectivity index (χ4n) is 4.18. The lowest BCUT2D eigenvalue weighted by Crippen LogP contribution is -2.52. The van der Waals surface area contributed by atoms with E-state index in [1.165, 1.54) is 0 Å². The quantitative estimate of drug-likeness (QED) is 0.783.